The van der Waals surface area contributed by atoms with Gasteiger partial charge in [0, 0.05) is 18.0 Å². The molecule has 0 saturated heterocycles. The number of carbonyl (C=O) groups is 1. The first-order chi connectivity index (χ1) is 8.16. The second kappa shape index (κ2) is 4.65. The number of hydrogen-bond acceptors (Lipinski definition) is 3. The molecule has 0 saturated carbocycles. The average molecular weight is 228 g/mol. The molecule has 17 heavy (non-hydrogen) atoms. The molecule has 1 aromatic heterocycles. The van der Waals surface area contributed by atoms with Crippen molar-refractivity contribution in [3.8, 4) is 5.75 Å². The zero-order valence-electron chi connectivity index (χ0n) is 9.34. The smallest absolute Gasteiger partial charge is 0.255 e. The Labute approximate surface area is 98.9 Å². The third-order valence-corrected chi connectivity index (χ3v) is 2.34. The molecule has 1 amide bonds. The number of aromatic hydroxyl groups is 1. The van der Waals surface area contributed by atoms with Gasteiger partial charge in [-0.05, 0) is 36.8 Å². The lowest BCUT2D eigenvalue weighted by Crippen LogP contribution is -2.11. The van der Waals surface area contributed by atoms with Crippen LogP contribution in [0, 0.1) is 6.92 Å². The lowest BCUT2D eigenvalue weighted by Gasteiger charge is -2.07. The Morgan fingerprint density at radius 3 is 2.59 bits per heavy atom. The number of pyridine rings is 1. The van der Waals surface area contributed by atoms with Crippen molar-refractivity contribution < 1.29 is 9.90 Å². The van der Waals surface area contributed by atoms with Crippen LogP contribution in [-0.4, -0.2) is 16.0 Å². The third kappa shape index (κ3) is 2.60. The van der Waals surface area contributed by atoms with Crippen molar-refractivity contribution in [2.45, 2.75) is 6.92 Å². The summed E-state index contributed by atoms with van der Waals surface area (Å²) in [4.78, 5) is 15.6. The van der Waals surface area contributed by atoms with Crippen molar-refractivity contribution >= 4 is 11.6 Å². The molecular formula is C13H12N2O2. The Bertz CT molecular complexity index is 538. The molecule has 0 fully saturated rings. The zero-order chi connectivity index (χ0) is 12.3. The number of aryl methyl sites for hydroxylation is 1. The van der Waals surface area contributed by atoms with Crippen molar-refractivity contribution in [1.82, 2.24) is 4.98 Å². The Balaban J connectivity index is 2.19. The van der Waals surface area contributed by atoms with Gasteiger partial charge in [-0.1, -0.05) is 6.07 Å². The molecule has 2 aromatic rings. The van der Waals surface area contributed by atoms with E-state index in [9.17, 15) is 9.90 Å². The van der Waals surface area contributed by atoms with E-state index in [0.29, 0.717) is 11.3 Å². The van der Waals surface area contributed by atoms with Crippen molar-refractivity contribution in [1.29, 1.82) is 0 Å². The molecule has 4 nitrogen and oxygen atoms in total. The molecule has 2 rings (SSSR count). The summed E-state index contributed by atoms with van der Waals surface area (Å²) < 4.78 is 0. The van der Waals surface area contributed by atoms with E-state index >= 15 is 0 Å². The molecule has 0 aliphatic carbocycles. The van der Waals surface area contributed by atoms with Gasteiger partial charge in [-0.2, -0.15) is 0 Å². The van der Waals surface area contributed by atoms with Crippen LogP contribution in [0.25, 0.3) is 0 Å². The summed E-state index contributed by atoms with van der Waals surface area (Å²) in [6.45, 7) is 1.87. The van der Waals surface area contributed by atoms with E-state index in [-0.39, 0.29) is 11.7 Å². The molecule has 1 heterocycles. The number of hydrogen-bond donors (Lipinski definition) is 2. The summed E-state index contributed by atoms with van der Waals surface area (Å²) >= 11 is 0. The van der Waals surface area contributed by atoms with E-state index in [0.717, 1.165) is 5.56 Å². The Kier molecular flexibility index (Phi) is 3.05. The van der Waals surface area contributed by atoms with Crippen LogP contribution in [0.4, 0.5) is 5.69 Å². The summed E-state index contributed by atoms with van der Waals surface area (Å²) in [7, 11) is 0. The predicted molar refractivity (Wildman–Crippen MR) is 65.0 cm³/mol. The predicted octanol–water partition coefficient (Wildman–Crippen LogP) is 2.35. The molecule has 2 N–H and O–H groups in total. The minimum atomic E-state index is -0.272. The third-order valence-electron chi connectivity index (χ3n) is 2.34. The number of amides is 1. The first kappa shape index (κ1) is 11.1. The summed E-state index contributed by atoms with van der Waals surface area (Å²) in [6, 6.07) is 8.31. The lowest BCUT2D eigenvalue weighted by molar-refractivity contribution is 0.102. The fourth-order valence-electron chi connectivity index (χ4n) is 1.45. The highest BCUT2D eigenvalue weighted by Gasteiger charge is 2.08. The van der Waals surface area contributed by atoms with Crippen LogP contribution >= 0.6 is 0 Å². The topological polar surface area (TPSA) is 62.2 Å². The fourth-order valence-corrected chi connectivity index (χ4v) is 1.45. The van der Waals surface area contributed by atoms with E-state index in [1.165, 1.54) is 0 Å². The molecule has 1 aromatic carbocycles. The normalized spacial score (nSPS) is 9.94. The van der Waals surface area contributed by atoms with E-state index in [4.69, 9.17) is 0 Å². The highest BCUT2D eigenvalue weighted by atomic mass is 16.3. The maximum Gasteiger partial charge on any atom is 0.255 e. The summed E-state index contributed by atoms with van der Waals surface area (Å²) in [5.74, 6) is -0.209. The van der Waals surface area contributed by atoms with E-state index < -0.39 is 0 Å². The Morgan fingerprint density at radius 2 is 1.94 bits per heavy atom. The molecule has 0 radical (unpaired) electrons. The van der Waals surface area contributed by atoms with Crippen molar-refractivity contribution in [2.24, 2.45) is 0 Å². The maximum absolute atomic E-state index is 11.8. The standard InChI is InChI=1S/C13H12N2O2/c1-9-2-3-11(12(16)8-9)15-13(17)10-4-6-14-7-5-10/h2-8,16H,1H3,(H,15,17). The van der Waals surface area contributed by atoms with Gasteiger partial charge >= 0.3 is 0 Å². The van der Waals surface area contributed by atoms with Crippen LogP contribution in [0.5, 0.6) is 5.75 Å². The molecule has 0 aliphatic heterocycles. The highest BCUT2D eigenvalue weighted by Crippen LogP contribution is 2.24. The summed E-state index contributed by atoms with van der Waals surface area (Å²) in [5, 5.41) is 12.3. The van der Waals surface area contributed by atoms with Crippen molar-refractivity contribution in [2.75, 3.05) is 5.32 Å². The van der Waals surface area contributed by atoms with Gasteiger partial charge in [0.25, 0.3) is 5.91 Å². The fraction of sp³-hybridized carbons (Fsp3) is 0.0769. The van der Waals surface area contributed by atoms with E-state index in [1.54, 1.807) is 36.7 Å². The highest BCUT2D eigenvalue weighted by molar-refractivity contribution is 6.04. The number of nitrogens with zero attached hydrogens (tertiary/aromatic N) is 1. The van der Waals surface area contributed by atoms with Crippen molar-refractivity contribution in [3.63, 3.8) is 0 Å². The number of benzene rings is 1. The van der Waals surface area contributed by atoms with Crippen LogP contribution < -0.4 is 5.32 Å². The van der Waals surface area contributed by atoms with Gasteiger partial charge in [0.05, 0.1) is 5.69 Å². The first-order valence-corrected chi connectivity index (χ1v) is 5.18. The van der Waals surface area contributed by atoms with Crippen molar-refractivity contribution in [3.05, 3.63) is 53.9 Å². The first-order valence-electron chi connectivity index (χ1n) is 5.18. The monoisotopic (exact) mass is 228 g/mol. The quantitative estimate of drug-likeness (QED) is 0.775. The van der Waals surface area contributed by atoms with Gasteiger partial charge in [-0.25, -0.2) is 0 Å². The summed E-state index contributed by atoms with van der Waals surface area (Å²) in [5.41, 5.74) is 1.83. The lowest BCUT2D eigenvalue weighted by atomic mass is 10.2. The molecular weight excluding hydrogens is 216 g/mol. The minimum absolute atomic E-state index is 0.0624. The zero-order valence-corrected chi connectivity index (χ0v) is 9.34. The van der Waals surface area contributed by atoms with Gasteiger partial charge in [0.15, 0.2) is 0 Å². The molecule has 0 atom stereocenters. The molecule has 0 spiro atoms. The van der Waals surface area contributed by atoms with Crippen LogP contribution in [0.15, 0.2) is 42.7 Å². The second-order valence-corrected chi connectivity index (χ2v) is 3.71. The molecule has 0 aliphatic rings. The maximum atomic E-state index is 11.8. The number of rotatable bonds is 2. The number of carbonyl (C=O) groups excluding carboxylic acids is 1. The Morgan fingerprint density at radius 1 is 1.24 bits per heavy atom. The summed E-state index contributed by atoms with van der Waals surface area (Å²) in [6.07, 6.45) is 3.09. The van der Waals surface area contributed by atoms with Gasteiger partial charge in [-0.15, -0.1) is 0 Å². The number of phenols is 1. The Hall–Kier alpha value is -2.36. The van der Waals surface area contributed by atoms with Gasteiger partial charge in [-0.3, -0.25) is 9.78 Å². The molecule has 0 unspecified atom stereocenters. The van der Waals surface area contributed by atoms with Gasteiger partial charge in [0.2, 0.25) is 0 Å². The van der Waals surface area contributed by atoms with E-state index in [2.05, 4.69) is 10.3 Å². The van der Waals surface area contributed by atoms with E-state index in [1.807, 2.05) is 13.0 Å². The molecule has 86 valence electrons. The van der Waals surface area contributed by atoms with Crippen LogP contribution in [0.2, 0.25) is 0 Å². The van der Waals surface area contributed by atoms with Crippen LogP contribution in [0.3, 0.4) is 0 Å². The number of anilines is 1. The van der Waals surface area contributed by atoms with Gasteiger partial charge in [0.1, 0.15) is 5.75 Å². The second-order valence-electron chi connectivity index (χ2n) is 3.71. The van der Waals surface area contributed by atoms with Crippen LogP contribution in [-0.2, 0) is 0 Å². The minimum Gasteiger partial charge on any atom is -0.506 e. The largest absolute Gasteiger partial charge is 0.506 e. The number of phenolic OH excluding ortho intramolecular Hbond substituents is 1. The van der Waals surface area contributed by atoms with Crippen LogP contribution in [0.1, 0.15) is 15.9 Å². The van der Waals surface area contributed by atoms with Gasteiger partial charge < -0.3 is 10.4 Å². The number of aromatic nitrogens is 1. The number of nitrogens with one attached hydrogen (secondary N) is 1. The SMILES string of the molecule is Cc1ccc(NC(=O)c2ccncc2)c(O)c1. The average Bonchev–Trinajstić information content (AvgIpc) is 2.34. The molecule has 4 heteroatoms. The molecule has 0 bridgehead atoms.